The summed E-state index contributed by atoms with van der Waals surface area (Å²) in [5.41, 5.74) is 2.94. The predicted octanol–water partition coefficient (Wildman–Crippen LogP) is 2.80. The minimum atomic E-state index is -0.963. The number of carboxylic acids is 1. The molecule has 2 N–H and O–H groups in total. The zero-order valence-electron chi connectivity index (χ0n) is 10.6. The summed E-state index contributed by atoms with van der Waals surface area (Å²) in [5, 5.41) is 16.2. The van der Waals surface area contributed by atoms with Gasteiger partial charge in [-0.05, 0) is 24.6 Å². The first-order valence-electron chi connectivity index (χ1n) is 5.73. The van der Waals surface area contributed by atoms with E-state index >= 15 is 0 Å². The standard InChI is InChI=1S/C13H14BrN3O2/c1-8-3-4-9(5-11(8)14)15-7-12-10(13(18)19)6-16-17(12)2/h3-6,15H,7H2,1-2H3,(H,18,19). The lowest BCUT2D eigenvalue weighted by Crippen LogP contribution is -2.10. The number of rotatable bonds is 4. The van der Waals surface area contributed by atoms with Gasteiger partial charge in [0.05, 0.1) is 18.4 Å². The molecule has 0 aliphatic heterocycles. The van der Waals surface area contributed by atoms with Crippen LogP contribution >= 0.6 is 15.9 Å². The maximum Gasteiger partial charge on any atom is 0.339 e. The van der Waals surface area contributed by atoms with Gasteiger partial charge in [0.15, 0.2) is 0 Å². The fourth-order valence-corrected chi connectivity index (χ4v) is 2.12. The van der Waals surface area contributed by atoms with E-state index in [2.05, 4.69) is 26.3 Å². The molecule has 0 bridgehead atoms. The Morgan fingerprint density at radius 2 is 2.26 bits per heavy atom. The van der Waals surface area contributed by atoms with Crippen molar-refractivity contribution in [1.82, 2.24) is 9.78 Å². The molecular formula is C13H14BrN3O2. The number of aromatic nitrogens is 2. The molecule has 19 heavy (non-hydrogen) atoms. The van der Waals surface area contributed by atoms with E-state index in [9.17, 15) is 4.79 Å². The van der Waals surface area contributed by atoms with Crippen molar-refractivity contribution in [2.24, 2.45) is 7.05 Å². The number of aryl methyl sites for hydroxylation is 2. The summed E-state index contributed by atoms with van der Waals surface area (Å²) < 4.78 is 2.58. The third-order valence-electron chi connectivity index (χ3n) is 2.92. The van der Waals surface area contributed by atoms with Crippen molar-refractivity contribution in [2.75, 3.05) is 5.32 Å². The summed E-state index contributed by atoms with van der Waals surface area (Å²) in [6.45, 7) is 2.42. The molecule has 2 aromatic rings. The summed E-state index contributed by atoms with van der Waals surface area (Å²) in [6.07, 6.45) is 1.37. The monoisotopic (exact) mass is 323 g/mol. The first kappa shape index (κ1) is 13.6. The molecule has 0 fully saturated rings. The second-order valence-corrected chi connectivity index (χ2v) is 5.11. The Kier molecular flexibility index (Phi) is 3.90. The normalized spacial score (nSPS) is 10.5. The van der Waals surface area contributed by atoms with Crippen LogP contribution in [0.3, 0.4) is 0 Å². The number of anilines is 1. The predicted molar refractivity (Wildman–Crippen MR) is 76.4 cm³/mol. The number of aromatic carboxylic acids is 1. The molecule has 1 heterocycles. The Hall–Kier alpha value is -1.82. The van der Waals surface area contributed by atoms with E-state index in [0.717, 1.165) is 15.7 Å². The van der Waals surface area contributed by atoms with Crippen molar-refractivity contribution in [3.63, 3.8) is 0 Å². The van der Waals surface area contributed by atoms with Gasteiger partial charge in [0, 0.05) is 17.2 Å². The molecule has 0 unspecified atom stereocenters. The minimum Gasteiger partial charge on any atom is -0.478 e. The number of hydrogen-bond acceptors (Lipinski definition) is 3. The van der Waals surface area contributed by atoms with Crippen LogP contribution < -0.4 is 5.32 Å². The van der Waals surface area contributed by atoms with E-state index in [1.165, 1.54) is 6.20 Å². The van der Waals surface area contributed by atoms with E-state index in [0.29, 0.717) is 12.2 Å². The summed E-state index contributed by atoms with van der Waals surface area (Å²) >= 11 is 3.47. The number of nitrogens with one attached hydrogen (secondary N) is 1. The molecular weight excluding hydrogens is 310 g/mol. The number of hydrogen-bond donors (Lipinski definition) is 2. The third kappa shape index (κ3) is 2.96. The highest BCUT2D eigenvalue weighted by atomic mass is 79.9. The van der Waals surface area contributed by atoms with Gasteiger partial charge < -0.3 is 10.4 Å². The first-order valence-corrected chi connectivity index (χ1v) is 6.52. The second kappa shape index (κ2) is 5.44. The third-order valence-corrected chi connectivity index (χ3v) is 3.78. The Morgan fingerprint density at radius 3 is 2.89 bits per heavy atom. The molecule has 1 aromatic carbocycles. The number of benzene rings is 1. The van der Waals surface area contributed by atoms with Crippen LogP contribution in [0.5, 0.6) is 0 Å². The highest BCUT2D eigenvalue weighted by molar-refractivity contribution is 9.10. The number of carboxylic acid groups (broad SMARTS) is 1. The van der Waals surface area contributed by atoms with Gasteiger partial charge in [-0.2, -0.15) is 5.10 Å². The highest BCUT2D eigenvalue weighted by Crippen LogP contribution is 2.21. The fraction of sp³-hybridized carbons (Fsp3) is 0.231. The van der Waals surface area contributed by atoms with Crippen LogP contribution in [0, 0.1) is 6.92 Å². The molecule has 0 atom stereocenters. The molecule has 1 aromatic heterocycles. The van der Waals surface area contributed by atoms with Crippen LogP contribution in [0.15, 0.2) is 28.9 Å². The lowest BCUT2D eigenvalue weighted by Gasteiger charge is -2.09. The summed E-state index contributed by atoms with van der Waals surface area (Å²) in [7, 11) is 1.73. The quantitative estimate of drug-likeness (QED) is 0.907. The number of halogens is 1. The van der Waals surface area contributed by atoms with Gasteiger partial charge in [-0.25, -0.2) is 4.79 Å². The molecule has 0 spiro atoms. The van der Waals surface area contributed by atoms with Crippen LogP contribution in [0.2, 0.25) is 0 Å². The van der Waals surface area contributed by atoms with Gasteiger partial charge in [0.25, 0.3) is 0 Å². The van der Waals surface area contributed by atoms with Gasteiger partial charge in [0.2, 0.25) is 0 Å². The van der Waals surface area contributed by atoms with E-state index in [1.807, 2.05) is 25.1 Å². The molecule has 0 aliphatic rings. The van der Waals surface area contributed by atoms with Crippen molar-refractivity contribution >= 4 is 27.6 Å². The lowest BCUT2D eigenvalue weighted by molar-refractivity contribution is 0.0695. The van der Waals surface area contributed by atoms with Crippen LogP contribution in [0.1, 0.15) is 21.6 Å². The number of carbonyl (C=O) groups is 1. The van der Waals surface area contributed by atoms with E-state index < -0.39 is 5.97 Å². The van der Waals surface area contributed by atoms with Crippen molar-refractivity contribution in [3.8, 4) is 0 Å². The van der Waals surface area contributed by atoms with Crippen LogP contribution in [-0.2, 0) is 13.6 Å². The Bertz CT molecular complexity index is 622. The van der Waals surface area contributed by atoms with Crippen molar-refractivity contribution in [2.45, 2.75) is 13.5 Å². The summed E-state index contributed by atoms with van der Waals surface area (Å²) in [5.74, 6) is -0.963. The van der Waals surface area contributed by atoms with E-state index in [1.54, 1.807) is 11.7 Å². The average molecular weight is 324 g/mol. The van der Waals surface area contributed by atoms with Gasteiger partial charge in [0.1, 0.15) is 5.56 Å². The van der Waals surface area contributed by atoms with E-state index in [4.69, 9.17) is 5.11 Å². The molecule has 2 rings (SSSR count). The van der Waals surface area contributed by atoms with E-state index in [-0.39, 0.29) is 5.56 Å². The molecule has 0 saturated carbocycles. The Morgan fingerprint density at radius 1 is 1.53 bits per heavy atom. The maximum absolute atomic E-state index is 11.1. The fourth-order valence-electron chi connectivity index (χ4n) is 1.74. The summed E-state index contributed by atoms with van der Waals surface area (Å²) in [6, 6.07) is 5.91. The van der Waals surface area contributed by atoms with Crippen LogP contribution in [-0.4, -0.2) is 20.9 Å². The van der Waals surface area contributed by atoms with Crippen molar-refractivity contribution < 1.29 is 9.90 Å². The zero-order chi connectivity index (χ0) is 14.0. The molecule has 6 heteroatoms. The molecule has 0 saturated heterocycles. The molecule has 0 radical (unpaired) electrons. The first-order chi connectivity index (χ1) is 8.99. The van der Waals surface area contributed by atoms with Gasteiger partial charge in [-0.3, -0.25) is 4.68 Å². The van der Waals surface area contributed by atoms with Crippen LogP contribution in [0.4, 0.5) is 5.69 Å². The molecule has 0 amide bonds. The van der Waals surface area contributed by atoms with Gasteiger partial charge >= 0.3 is 5.97 Å². The molecule has 5 nitrogen and oxygen atoms in total. The highest BCUT2D eigenvalue weighted by Gasteiger charge is 2.14. The van der Waals surface area contributed by atoms with Crippen molar-refractivity contribution in [3.05, 3.63) is 45.7 Å². The lowest BCUT2D eigenvalue weighted by atomic mass is 10.2. The SMILES string of the molecule is Cc1ccc(NCc2c(C(=O)O)cnn2C)cc1Br. The second-order valence-electron chi connectivity index (χ2n) is 4.25. The maximum atomic E-state index is 11.1. The topological polar surface area (TPSA) is 67.2 Å². The van der Waals surface area contributed by atoms with Gasteiger partial charge in [-0.1, -0.05) is 22.0 Å². The average Bonchev–Trinajstić information content (AvgIpc) is 2.72. The molecule has 0 aliphatic carbocycles. The minimum absolute atomic E-state index is 0.223. The smallest absolute Gasteiger partial charge is 0.339 e. The Balaban J connectivity index is 2.16. The number of nitrogens with zero attached hydrogens (tertiary/aromatic N) is 2. The largest absolute Gasteiger partial charge is 0.478 e. The Labute approximate surface area is 119 Å². The van der Waals surface area contributed by atoms with Gasteiger partial charge in [-0.15, -0.1) is 0 Å². The van der Waals surface area contributed by atoms with Crippen molar-refractivity contribution in [1.29, 1.82) is 0 Å². The molecule has 100 valence electrons. The van der Waals surface area contributed by atoms with Crippen LogP contribution in [0.25, 0.3) is 0 Å². The summed E-state index contributed by atoms with van der Waals surface area (Å²) in [4.78, 5) is 11.1. The zero-order valence-corrected chi connectivity index (χ0v) is 12.2.